The topological polar surface area (TPSA) is 43.8 Å². The molecule has 1 N–H and O–H groups in total. The third-order valence-electron chi connectivity index (χ3n) is 1.92. The van der Waals surface area contributed by atoms with Gasteiger partial charge >= 0.3 is 0 Å². The maximum Gasteiger partial charge on any atom is 0.213 e. The van der Waals surface area contributed by atoms with Crippen molar-refractivity contribution >= 4 is 6.41 Å². The molecule has 0 unspecified atom stereocenters. The number of carbonyl (C=O) groups is 1. The van der Waals surface area contributed by atoms with Gasteiger partial charge in [-0.1, -0.05) is 13.2 Å². The van der Waals surface area contributed by atoms with Crippen LogP contribution >= 0.6 is 0 Å². The van der Waals surface area contributed by atoms with Gasteiger partial charge in [-0.2, -0.15) is 0 Å². The Bertz CT molecular complexity index is 175. The van der Waals surface area contributed by atoms with Crippen molar-refractivity contribution in [3.8, 4) is 0 Å². The highest BCUT2D eigenvalue weighted by atomic mass is 16.3. The predicted molar refractivity (Wildman–Crippen MR) is 56.2 cm³/mol. The van der Waals surface area contributed by atoms with Gasteiger partial charge in [-0.15, -0.1) is 0 Å². The van der Waals surface area contributed by atoms with E-state index in [9.17, 15) is 4.79 Å². The van der Waals surface area contributed by atoms with E-state index in [1.807, 2.05) is 0 Å². The first-order chi connectivity index (χ1) is 6.78. The van der Waals surface area contributed by atoms with Crippen LogP contribution < -0.4 is 0 Å². The van der Waals surface area contributed by atoms with Crippen LogP contribution in [0.2, 0.25) is 0 Å². The summed E-state index contributed by atoms with van der Waals surface area (Å²) < 4.78 is 0. The van der Waals surface area contributed by atoms with E-state index in [2.05, 4.69) is 13.2 Å². The monoisotopic (exact) mass is 198 g/mol. The Morgan fingerprint density at radius 2 is 1.79 bits per heavy atom. The normalized spacial score (nSPS) is 9.21. The smallest absolute Gasteiger partial charge is 0.213 e. The number of hydrogen-bond donors (Lipinski definition) is 1. The summed E-state index contributed by atoms with van der Waals surface area (Å²) in [5, 5.41) is 8.80. The summed E-state index contributed by atoms with van der Waals surface area (Å²) in [7, 11) is 0. The molecular weight excluding hydrogens is 180 g/mol. The molecule has 0 aliphatic carbocycles. The average Bonchev–Trinajstić information content (AvgIpc) is 2.24. The average molecular weight is 198 g/mol. The molecule has 0 radical (unpaired) electrons. The maximum atomic E-state index is 10.4. The molecule has 0 heterocycles. The Morgan fingerprint density at radius 1 is 1.14 bits per heavy atom. The lowest BCUT2D eigenvalue weighted by Crippen LogP contribution is -2.21. The molecule has 0 aromatic rings. The molecule has 1 amide bonds. The van der Waals surface area contributed by atoms with E-state index >= 15 is 0 Å². The number of carbonyl (C=O) groups excluding carboxylic acids is 1. The zero-order chi connectivity index (χ0) is 10.8. The van der Waals surface area contributed by atoms with Crippen molar-refractivity contribution in [1.82, 2.24) is 9.80 Å². The fraction of sp³-hybridized carbons (Fsp3) is 0.500. The lowest BCUT2D eigenvalue weighted by atomic mass is 10.3. The first kappa shape index (κ1) is 12.7. The van der Waals surface area contributed by atoms with Gasteiger partial charge in [0, 0.05) is 13.1 Å². The minimum absolute atomic E-state index is 0.0116. The van der Waals surface area contributed by atoms with E-state index in [-0.39, 0.29) is 6.73 Å². The minimum Gasteiger partial charge on any atom is -0.376 e. The third kappa shape index (κ3) is 5.37. The zero-order valence-electron chi connectivity index (χ0n) is 8.43. The lowest BCUT2D eigenvalue weighted by molar-refractivity contribution is -0.115. The van der Waals surface area contributed by atoms with Crippen molar-refractivity contribution < 1.29 is 9.90 Å². The lowest BCUT2D eigenvalue weighted by Gasteiger charge is -2.17. The number of aliphatic hydroxyl groups is 1. The van der Waals surface area contributed by atoms with Gasteiger partial charge in [0.25, 0.3) is 0 Å². The van der Waals surface area contributed by atoms with Crippen LogP contribution in [0.15, 0.2) is 25.6 Å². The molecule has 0 rings (SSSR count). The van der Waals surface area contributed by atoms with E-state index in [4.69, 9.17) is 5.11 Å². The van der Waals surface area contributed by atoms with Crippen LogP contribution in [-0.4, -0.2) is 41.1 Å². The summed E-state index contributed by atoms with van der Waals surface area (Å²) in [6, 6.07) is 0. The molecule has 0 atom stereocenters. The highest BCUT2D eigenvalue weighted by Gasteiger charge is 1.98. The summed E-state index contributed by atoms with van der Waals surface area (Å²) in [5.74, 6) is 0. The molecule has 0 bridgehead atoms. The predicted octanol–water partition coefficient (Wildman–Crippen LogP) is 0.764. The van der Waals surface area contributed by atoms with Crippen LogP contribution in [0.4, 0.5) is 0 Å². The highest BCUT2D eigenvalue weighted by Crippen LogP contribution is 1.96. The molecule has 14 heavy (non-hydrogen) atoms. The first-order valence-electron chi connectivity index (χ1n) is 4.59. The summed E-state index contributed by atoms with van der Waals surface area (Å²) in [6.07, 6.45) is 5.65. The van der Waals surface area contributed by atoms with Gasteiger partial charge in [-0.3, -0.25) is 4.79 Å². The molecule has 0 aromatic heterocycles. The van der Waals surface area contributed by atoms with Crippen molar-refractivity contribution in [2.75, 3.05) is 19.8 Å². The molecule has 0 spiro atoms. The van der Waals surface area contributed by atoms with Crippen LogP contribution in [0.1, 0.15) is 12.8 Å². The van der Waals surface area contributed by atoms with Crippen molar-refractivity contribution in [3.05, 3.63) is 25.6 Å². The minimum atomic E-state index is -0.0116. The second-order valence-corrected chi connectivity index (χ2v) is 2.87. The Kier molecular flexibility index (Phi) is 7.55. The molecule has 0 aromatic carbocycles. The number of aliphatic hydroxyl groups excluding tert-OH is 1. The molecule has 0 saturated carbocycles. The van der Waals surface area contributed by atoms with E-state index in [0.29, 0.717) is 6.54 Å². The van der Waals surface area contributed by atoms with Crippen molar-refractivity contribution in [1.29, 1.82) is 0 Å². The summed E-state index contributed by atoms with van der Waals surface area (Å²) in [5.41, 5.74) is 0. The molecule has 0 aliphatic heterocycles. The molecule has 80 valence electrons. The Balaban J connectivity index is 3.48. The van der Waals surface area contributed by atoms with Crippen molar-refractivity contribution in [2.24, 2.45) is 0 Å². The van der Waals surface area contributed by atoms with Gasteiger partial charge in [0.15, 0.2) is 0 Å². The molecular formula is C10H18N2O2. The van der Waals surface area contributed by atoms with Crippen LogP contribution in [0.3, 0.4) is 0 Å². The maximum absolute atomic E-state index is 10.4. The van der Waals surface area contributed by atoms with Gasteiger partial charge in [-0.05, 0) is 25.2 Å². The summed E-state index contributed by atoms with van der Waals surface area (Å²) in [6.45, 7) is 8.48. The summed E-state index contributed by atoms with van der Waals surface area (Å²) in [4.78, 5) is 13.6. The second-order valence-electron chi connectivity index (χ2n) is 2.87. The third-order valence-corrected chi connectivity index (χ3v) is 1.92. The van der Waals surface area contributed by atoms with Gasteiger partial charge in [-0.25, -0.2) is 0 Å². The fourth-order valence-electron chi connectivity index (χ4n) is 1.02. The van der Waals surface area contributed by atoms with Crippen LogP contribution in [-0.2, 0) is 4.79 Å². The van der Waals surface area contributed by atoms with Gasteiger partial charge in [0.2, 0.25) is 6.41 Å². The Hall–Kier alpha value is -1.29. The van der Waals surface area contributed by atoms with Crippen LogP contribution in [0.5, 0.6) is 0 Å². The summed E-state index contributed by atoms with van der Waals surface area (Å²) >= 11 is 0. The quantitative estimate of drug-likeness (QED) is 0.338. The first-order valence-corrected chi connectivity index (χ1v) is 4.59. The van der Waals surface area contributed by atoms with E-state index in [1.165, 1.54) is 11.1 Å². The highest BCUT2D eigenvalue weighted by molar-refractivity contribution is 5.48. The number of unbranched alkanes of at least 4 members (excludes halogenated alkanes) is 1. The SMILES string of the molecule is C=CN(C=O)CCCCN(C=C)CO. The van der Waals surface area contributed by atoms with Crippen molar-refractivity contribution in [3.63, 3.8) is 0 Å². The molecule has 0 aliphatic rings. The molecule has 4 heteroatoms. The Labute approximate surface area is 85.1 Å². The number of nitrogens with zero attached hydrogens (tertiary/aromatic N) is 2. The van der Waals surface area contributed by atoms with Gasteiger partial charge in [0.05, 0.1) is 0 Å². The fourth-order valence-corrected chi connectivity index (χ4v) is 1.02. The van der Waals surface area contributed by atoms with Crippen LogP contribution in [0.25, 0.3) is 0 Å². The Morgan fingerprint density at radius 3 is 2.21 bits per heavy atom. The zero-order valence-corrected chi connectivity index (χ0v) is 8.43. The second kappa shape index (κ2) is 8.31. The largest absolute Gasteiger partial charge is 0.376 e. The van der Waals surface area contributed by atoms with Gasteiger partial charge in [0.1, 0.15) is 6.73 Å². The number of rotatable bonds is 9. The van der Waals surface area contributed by atoms with E-state index < -0.39 is 0 Å². The van der Waals surface area contributed by atoms with E-state index in [0.717, 1.165) is 25.8 Å². The molecule has 0 saturated heterocycles. The van der Waals surface area contributed by atoms with Crippen molar-refractivity contribution in [2.45, 2.75) is 12.8 Å². The number of amides is 1. The molecule has 4 nitrogen and oxygen atoms in total. The van der Waals surface area contributed by atoms with Gasteiger partial charge < -0.3 is 14.9 Å². The molecule has 0 fully saturated rings. The number of hydrogen-bond acceptors (Lipinski definition) is 3. The van der Waals surface area contributed by atoms with Crippen LogP contribution in [0, 0.1) is 0 Å². The standard InChI is InChI=1S/C10H18N2O2/c1-3-11(9-13)7-5-6-8-12(4-2)10-14/h3-4,9,14H,1-2,5-8,10H2. The van der Waals surface area contributed by atoms with E-state index in [1.54, 1.807) is 11.1 Å².